The average molecular weight is 876 g/mol. The maximum absolute atomic E-state index is 15.0. The van der Waals surface area contributed by atoms with Crippen LogP contribution in [0.1, 0.15) is 68.8 Å². The molecule has 0 aromatic heterocycles. The zero-order chi connectivity index (χ0) is 44.1. The van der Waals surface area contributed by atoms with E-state index < -0.39 is 70.8 Å². The fraction of sp³-hybridized carbons (Fsp3) is 0.500. The largest absolute Gasteiger partial charge is 0.504 e. The number of nitrogens with one attached hydrogen (secondary N) is 1. The van der Waals surface area contributed by atoms with E-state index in [0.717, 1.165) is 11.1 Å². The number of benzene rings is 3. The first-order chi connectivity index (χ1) is 29.7. The summed E-state index contributed by atoms with van der Waals surface area (Å²) in [6.45, 7) is 4.83. The van der Waals surface area contributed by atoms with Crippen molar-refractivity contribution in [2.75, 3.05) is 61.2 Å². The number of carbonyl (C=O) groups is 4. The average Bonchev–Trinajstić information content (AvgIpc) is 3.74. The zero-order valence-electron chi connectivity index (χ0n) is 35.6. The molecule has 0 saturated carbocycles. The highest BCUT2D eigenvalue weighted by Gasteiger charge is 2.64. The molecule has 5 unspecified atom stereocenters. The Hall–Kier alpha value is -5.43. The van der Waals surface area contributed by atoms with Crippen molar-refractivity contribution in [2.45, 2.75) is 74.6 Å². The van der Waals surface area contributed by atoms with Crippen molar-refractivity contribution in [2.24, 2.45) is 5.92 Å². The molecular weight excluding hydrogens is 827 g/mol. The molecule has 7 aliphatic rings. The fourth-order valence-electron chi connectivity index (χ4n) is 11.1. The van der Waals surface area contributed by atoms with Crippen LogP contribution in [-0.4, -0.2) is 123 Å². The molecule has 7 atom stereocenters. The molecule has 10 rings (SSSR count). The Morgan fingerprint density at radius 1 is 0.935 bits per heavy atom. The van der Waals surface area contributed by atoms with Gasteiger partial charge < -0.3 is 48.1 Å². The Morgan fingerprint density at radius 3 is 2.34 bits per heavy atom. The minimum atomic E-state index is -1.49. The SMILES string of the molecule is COC(=O)C(C(=O)OC)[C@H]1C2Cc3cc(C)c(OC)c(O)c3C(C3C4SC[C@]5(NCCc6cc(O)c(OC)cc65)C(=O)OCC(c5c6c(c(C)c(OC(C)=O)c54)OCO6)N31)N2C. The Kier molecular flexibility index (Phi) is 10.4. The van der Waals surface area contributed by atoms with Crippen molar-refractivity contribution in [1.82, 2.24) is 15.1 Å². The van der Waals surface area contributed by atoms with Gasteiger partial charge in [0.2, 0.25) is 6.79 Å². The van der Waals surface area contributed by atoms with Crippen LogP contribution in [0.4, 0.5) is 0 Å². The lowest BCUT2D eigenvalue weighted by molar-refractivity contribution is -0.178. The smallest absolute Gasteiger partial charge is 0.331 e. The second-order valence-electron chi connectivity index (χ2n) is 16.5. The standard InChI is InChI=1S/C44H49N3O14S/c1-18-11-22-12-24-32(31(41(51)56-7)42(52)57-8)47-25-15-58-43(53)44(23-14-27(54-5)26(49)13-21(23)9-10-45-44)16-62-40(34(47)33(46(24)4)28(22)35(50)36(18)55-6)30-29(25)39-38(59-17-60-39)19(2)37(30)61-20(3)48/h11,13-14,24-25,31-34,40,45,49-50H,9-10,12,15-17H2,1-8H3/t24?,25?,32-,33?,34?,40?,44-/m1/s1. The highest BCUT2D eigenvalue weighted by atomic mass is 32.2. The number of phenols is 2. The summed E-state index contributed by atoms with van der Waals surface area (Å²) in [6.07, 6.45) is 0.798. The van der Waals surface area contributed by atoms with Gasteiger partial charge in [-0.05, 0) is 68.1 Å². The summed E-state index contributed by atoms with van der Waals surface area (Å²) in [5.74, 6) is -2.98. The number of nitrogens with zero attached hydrogens (tertiary/aromatic N) is 2. The number of hydrogen-bond donors (Lipinski definition) is 3. The molecule has 1 spiro atoms. The maximum atomic E-state index is 15.0. The van der Waals surface area contributed by atoms with Crippen LogP contribution in [0.5, 0.6) is 40.2 Å². The van der Waals surface area contributed by atoms with Crippen LogP contribution < -0.4 is 29.0 Å². The summed E-state index contributed by atoms with van der Waals surface area (Å²) in [6, 6.07) is 1.27. The molecule has 3 aromatic carbocycles. The van der Waals surface area contributed by atoms with E-state index in [0.29, 0.717) is 70.0 Å². The van der Waals surface area contributed by atoms with Gasteiger partial charge in [-0.25, -0.2) is 4.79 Å². The van der Waals surface area contributed by atoms with Gasteiger partial charge in [-0.15, -0.1) is 11.8 Å². The predicted octanol–water partition coefficient (Wildman–Crippen LogP) is 3.43. The number of ether oxygens (including phenoxy) is 8. The zero-order valence-corrected chi connectivity index (χ0v) is 36.4. The predicted molar refractivity (Wildman–Crippen MR) is 220 cm³/mol. The molecule has 3 N–H and O–H groups in total. The third-order valence-corrected chi connectivity index (χ3v) is 15.1. The third kappa shape index (κ3) is 5.93. The first-order valence-corrected chi connectivity index (χ1v) is 21.4. The Bertz CT molecular complexity index is 2410. The molecule has 3 aromatic rings. The topological polar surface area (TPSA) is 201 Å². The van der Waals surface area contributed by atoms with Gasteiger partial charge in [0.1, 0.15) is 12.4 Å². The van der Waals surface area contributed by atoms with Gasteiger partial charge in [-0.3, -0.25) is 29.5 Å². The van der Waals surface area contributed by atoms with E-state index in [-0.39, 0.29) is 42.2 Å². The van der Waals surface area contributed by atoms with Crippen LogP contribution in [0.25, 0.3) is 0 Å². The molecule has 4 bridgehead atoms. The lowest BCUT2D eigenvalue weighted by Crippen LogP contribution is -2.72. The molecule has 18 heteroatoms. The van der Waals surface area contributed by atoms with Gasteiger partial charge in [0.15, 0.2) is 46.0 Å². The van der Waals surface area contributed by atoms with Gasteiger partial charge in [-0.1, -0.05) is 6.07 Å². The number of phenolic OH excluding ortho intramolecular Hbond substituents is 2. The number of esters is 4. The highest BCUT2D eigenvalue weighted by molar-refractivity contribution is 7.99. The maximum Gasteiger partial charge on any atom is 0.331 e. The van der Waals surface area contributed by atoms with Crippen LogP contribution in [-0.2, 0) is 51.8 Å². The number of likely N-dealkylation sites (N-methyl/N-ethyl adjacent to an activating group) is 1. The number of rotatable bonds is 6. The number of aromatic hydroxyl groups is 2. The second-order valence-corrected chi connectivity index (χ2v) is 17.7. The molecule has 7 aliphatic heterocycles. The molecule has 2 saturated heterocycles. The van der Waals surface area contributed by atoms with Crippen LogP contribution >= 0.6 is 11.8 Å². The van der Waals surface area contributed by atoms with E-state index in [1.807, 2.05) is 24.9 Å². The minimum Gasteiger partial charge on any atom is -0.504 e. The van der Waals surface area contributed by atoms with Crippen LogP contribution in [0.2, 0.25) is 0 Å². The van der Waals surface area contributed by atoms with Crippen molar-refractivity contribution in [3.05, 3.63) is 62.7 Å². The van der Waals surface area contributed by atoms with Crippen molar-refractivity contribution in [3.8, 4) is 40.2 Å². The molecule has 7 heterocycles. The Labute approximate surface area is 361 Å². The van der Waals surface area contributed by atoms with Crippen molar-refractivity contribution >= 4 is 35.6 Å². The molecule has 0 aliphatic carbocycles. The number of aryl methyl sites for hydroxylation is 1. The first-order valence-electron chi connectivity index (χ1n) is 20.4. The van der Waals surface area contributed by atoms with Gasteiger partial charge in [0.05, 0.1) is 51.8 Å². The first kappa shape index (κ1) is 41.9. The summed E-state index contributed by atoms with van der Waals surface area (Å²) >= 11 is 1.39. The summed E-state index contributed by atoms with van der Waals surface area (Å²) in [7, 11) is 7.26. The number of thioether (sulfide) groups is 1. The van der Waals surface area contributed by atoms with Gasteiger partial charge >= 0.3 is 23.9 Å². The molecule has 0 radical (unpaired) electrons. The van der Waals surface area contributed by atoms with Crippen molar-refractivity contribution in [1.29, 1.82) is 0 Å². The normalized spacial score (nSPS) is 27.0. The second kappa shape index (κ2) is 15.4. The van der Waals surface area contributed by atoms with E-state index in [9.17, 15) is 24.6 Å². The van der Waals surface area contributed by atoms with Gasteiger partial charge in [-0.2, -0.15) is 0 Å². The fourth-order valence-corrected chi connectivity index (χ4v) is 12.8. The van der Waals surface area contributed by atoms with Crippen LogP contribution in [0.3, 0.4) is 0 Å². The lowest BCUT2D eigenvalue weighted by atomic mass is 9.69. The summed E-state index contributed by atoms with van der Waals surface area (Å²) in [5.41, 5.74) is 3.52. The molecule has 2 fully saturated rings. The molecule has 62 heavy (non-hydrogen) atoms. The molecular formula is C44H49N3O14S. The van der Waals surface area contributed by atoms with Crippen LogP contribution in [0, 0.1) is 19.8 Å². The van der Waals surface area contributed by atoms with Crippen molar-refractivity contribution in [3.63, 3.8) is 0 Å². The van der Waals surface area contributed by atoms with E-state index in [1.54, 1.807) is 19.1 Å². The number of piperazine rings is 1. The van der Waals surface area contributed by atoms with E-state index in [1.165, 1.54) is 47.1 Å². The summed E-state index contributed by atoms with van der Waals surface area (Å²) in [4.78, 5) is 60.5. The number of hydrogen-bond acceptors (Lipinski definition) is 18. The van der Waals surface area contributed by atoms with E-state index >= 15 is 4.79 Å². The molecule has 0 amide bonds. The van der Waals surface area contributed by atoms with Gasteiger partial charge in [0, 0.05) is 53.6 Å². The van der Waals surface area contributed by atoms with Crippen molar-refractivity contribution < 1.29 is 67.3 Å². The third-order valence-electron chi connectivity index (χ3n) is 13.6. The lowest BCUT2D eigenvalue weighted by Gasteiger charge is -2.64. The molecule has 330 valence electrons. The minimum absolute atomic E-state index is 0.0386. The Morgan fingerprint density at radius 2 is 1.66 bits per heavy atom. The highest BCUT2D eigenvalue weighted by Crippen LogP contribution is 2.65. The van der Waals surface area contributed by atoms with Gasteiger partial charge in [0.25, 0.3) is 0 Å². The Balaban J connectivity index is 1.38. The number of methoxy groups -OCH3 is 4. The monoisotopic (exact) mass is 875 g/mol. The van der Waals surface area contributed by atoms with E-state index in [2.05, 4.69) is 10.2 Å². The van der Waals surface area contributed by atoms with Crippen LogP contribution in [0.15, 0.2) is 18.2 Å². The van der Waals surface area contributed by atoms with E-state index in [4.69, 9.17) is 37.9 Å². The quantitative estimate of drug-likeness (QED) is 0.141. The summed E-state index contributed by atoms with van der Waals surface area (Å²) < 4.78 is 47.1. The summed E-state index contributed by atoms with van der Waals surface area (Å²) in [5, 5.41) is 25.8. The number of fused-ring (bicyclic) bond motifs is 9. The molecule has 17 nitrogen and oxygen atoms in total. The number of carbonyl (C=O) groups excluding carboxylic acids is 4.